The number of ether oxygens (including phenoxy) is 1. The van der Waals surface area contributed by atoms with Crippen LogP contribution in [0, 0.1) is 5.92 Å². The highest BCUT2D eigenvalue weighted by Crippen LogP contribution is 2.24. The van der Waals surface area contributed by atoms with Crippen molar-refractivity contribution in [3.8, 4) is 0 Å². The minimum atomic E-state index is -0.880. The Morgan fingerprint density at radius 3 is 2.48 bits per heavy atom. The number of esters is 1. The predicted molar refractivity (Wildman–Crippen MR) is 108 cm³/mol. The van der Waals surface area contributed by atoms with Gasteiger partial charge in [0.25, 0.3) is 11.8 Å². The van der Waals surface area contributed by atoms with Crippen LogP contribution >= 0.6 is 0 Å². The summed E-state index contributed by atoms with van der Waals surface area (Å²) in [6.07, 6.45) is 4.89. The summed E-state index contributed by atoms with van der Waals surface area (Å²) in [5.74, 6) is -0.625. The number of furan rings is 1. The van der Waals surface area contributed by atoms with Crippen molar-refractivity contribution >= 4 is 23.5 Å². The maximum atomic E-state index is 12.4. The summed E-state index contributed by atoms with van der Waals surface area (Å²) < 4.78 is 10.3. The molecule has 2 aromatic rings. The molecule has 0 saturated heterocycles. The zero-order valence-electron chi connectivity index (χ0n) is 16.6. The Bertz CT molecular complexity index is 845. The minimum absolute atomic E-state index is 0.134. The summed E-state index contributed by atoms with van der Waals surface area (Å²) in [5, 5.41) is 5.67. The van der Waals surface area contributed by atoms with Crippen LogP contribution in [0.25, 0.3) is 0 Å². The van der Waals surface area contributed by atoms with Gasteiger partial charge in [-0.1, -0.05) is 19.8 Å². The summed E-state index contributed by atoms with van der Waals surface area (Å²) in [4.78, 5) is 36.7. The summed E-state index contributed by atoms with van der Waals surface area (Å²) in [6.45, 7) is 3.70. The Morgan fingerprint density at radius 1 is 1.10 bits per heavy atom. The number of carbonyl (C=O) groups is 3. The third-order valence-electron chi connectivity index (χ3n) is 5.22. The smallest absolute Gasteiger partial charge is 0.338 e. The van der Waals surface area contributed by atoms with Crippen molar-refractivity contribution in [2.45, 2.75) is 51.7 Å². The lowest BCUT2D eigenvalue weighted by molar-refractivity contribution is -0.130. The van der Waals surface area contributed by atoms with E-state index in [1.807, 2.05) is 0 Å². The van der Waals surface area contributed by atoms with E-state index in [1.165, 1.54) is 24.8 Å². The molecular weight excluding hydrogens is 372 g/mol. The van der Waals surface area contributed by atoms with Crippen LogP contribution in [0.5, 0.6) is 0 Å². The third-order valence-corrected chi connectivity index (χ3v) is 5.22. The fourth-order valence-electron chi connectivity index (χ4n) is 3.40. The Balaban J connectivity index is 1.51. The van der Waals surface area contributed by atoms with Crippen molar-refractivity contribution in [2.75, 3.05) is 5.32 Å². The van der Waals surface area contributed by atoms with Crippen LogP contribution < -0.4 is 10.6 Å². The molecule has 0 spiro atoms. The molecule has 1 aromatic heterocycles. The van der Waals surface area contributed by atoms with Crippen LogP contribution in [-0.4, -0.2) is 29.9 Å². The zero-order chi connectivity index (χ0) is 20.8. The lowest BCUT2D eigenvalue weighted by Crippen LogP contribution is -2.45. The van der Waals surface area contributed by atoms with Gasteiger partial charge >= 0.3 is 5.97 Å². The average molecular weight is 398 g/mol. The summed E-state index contributed by atoms with van der Waals surface area (Å²) in [5.41, 5.74) is 0.812. The topological polar surface area (TPSA) is 97.6 Å². The fraction of sp³-hybridized carbons (Fsp3) is 0.409. The number of rotatable bonds is 6. The molecule has 3 rings (SSSR count). The van der Waals surface area contributed by atoms with E-state index < -0.39 is 12.1 Å². The molecule has 0 aliphatic heterocycles. The zero-order valence-corrected chi connectivity index (χ0v) is 16.6. The molecule has 1 aromatic carbocycles. The molecule has 0 bridgehead atoms. The monoisotopic (exact) mass is 398 g/mol. The van der Waals surface area contributed by atoms with Crippen molar-refractivity contribution in [3.63, 3.8) is 0 Å². The number of nitrogens with one attached hydrogen (secondary N) is 2. The van der Waals surface area contributed by atoms with E-state index in [0.29, 0.717) is 17.2 Å². The van der Waals surface area contributed by atoms with Gasteiger partial charge in [0.1, 0.15) is 0 Å². The highest BCUT2D eigenvalue weighted by Gasteiger charge is 2.26. The predicted octanol–water partition coefficient (Wildman–Crippen LogP) is 3.77. The molecule has 2 N–H and O–H groups in total. The lowest BCUT2D eigenvalue weighted by Gasteiger charge is -2.30. The maximum absolute atomic E-state index is 12.4. The van der Waals surface area contributed by atoms with Crippen molar-refractivity contribution in [2.24, 2.45) is 5.92 Å². The van der Waals surface area contributed by atoms with Crippen molar-refractivity contribution < 1.29 is 23.5 Å². The van der Waals surface area contributed by atoms with Gasteiger partial charge in [0.2, 0.25) is 0 Å². The van der Waals surface area contributed by atoms with Crippen LogP contribution in [0.4, 0.5) is 5.69 Å². The second kappa shape index (κ2) is 9.41. The molecule has 1 fully saturated rings. The highest BCUT2D eigenvalue weighted by atomic mass is 16.5. The molecule has 29 heavy (non-hydrogen) atoms. The molecule has 2 amide bonds. The third kappa shape index (κ3) is 5.47. The maximum Gasteiger partial charge on any atom is 0.338 e. The summed E-state index contributed by atoms with van der Waals surface area (Å²) in [6, 6.07) is 9.57. The van der Waals surface area contributed by atoms with Crippen LogP contribution in [0.2, 0.25) is 0 Å². The van der Waals surface area contributed by atoms with E-state index in [-0.39, 0.29) is 23.6 Å². The Morgan fingerprint density at radius 2 is 1.83 bits per heavy atom. The van der Waals surface area contributed by atoms with Crippen molar-refractivity contribution in [1.29, 1.82) is 0 Å². The Labute approximate surface area is 169 Å². The van der Waals surface area contributed by atoms with Crippen molar-refractivity contribution in [3.05, 3.63) is 54.0 Å². The van der Waals surface area contributed by atoms with Gasteiger partial charge in [-0.25, -0.2) is 4.79 Å². The van der Waals surface area contributed by atoms with Crippen LogP contribution in [-0.2, 0) is 9.53 Å². The average Bonchev–Trinajstić information content (AvgIpc) is 3.25. The molecule has 3 atom stereocenters. The Hall–Kier alpha value is -3.09. The molecule has 7 heteroatoms. The fourth-order valence-corrected chi connectivity index (χ4v) is 3.40. The molecule has 7 nitrogen and oxygen atoms in total. The molecule has 0 unspecified atom stereocenters. The largest absolute Gasteiger partial charge is 0.459 e. The van der Waals surface area contributed by atoms with E-state index >= 15 is 0 Å². The molecule has 1 heterocycles. The second-order valence-electron chi connectivity index (χ2n) is 7.43. The number of amides is 2. The van der Waals surface area contributed by atoms with E-state index in [4.69, 9.17) is 9.15 Å². The Kier molecular flexibility index (Phi) is 6.69. The van der Waals surface area contributed by atoms with Crippen LogP contribution in [0.1, 0.15) is 60.4 Å². The van der Waals surface area contributed by atoms with E-state index in [1.54, 1.807) is 31.2 Å². The first-order valence-corrected chi connectivity index (χ1v) is 9.90. The number of anilines is 1. The lowest BCUT2D eigenvalue weighted by atomic mass is 9.86. The second-order valence-corrected chi connectivity index (χ2v) is 7.43. The van der Waals surface area contributed by atoms with Gasteiger partial charge in [-0.05, 0) is 62.1 Å². The molecule has 1 aliphatic carbocycles. The standard InChI is InChI=1S/C22H26N2O5/c1-14-6-3-4-7-18(14)24-20(25)15(2)29-22(27)16-9-11-17(12-10-16)23-21(26)19-8-5-13-28-19/h5,8-15,18H,3-4,6-7H2,1-2H3,(H,23,26)(H,24,25)/t14-,15-,18+/m1/s1. The quantitative estimate of drug-likeness (QED) is 0.722. The minimum Gasteiger partial charge on any atom is -0.459 e. The van der Waals surface area contributed by atoms with Gasteiger partial charge in [-0.3, -0.25) is 9.59 Å². The van der Waals surface area contributed by atoms with E-state index in [9.17, 15) is 14.4 Å². The molecule has 1 saturated carbocycles. The summed E-state index contributed by atoms with van der Waals surface area (Å²) >= 11 is 0. The first kappa shape index (κ1) is 20.6. The van der Waals surface area contributed by atoms with Crippen LogP contribution in [0.15, 0.2) is 47.1 Å². The van der Waals surface area contributed by atoms with Crippen molar-refractivity contribution in [1.82, 2.24) is 5.32 Å². The van der Waals surface area contributed by atoms with Gasteiger partial charge in [0, 0.05) is 11.7 Å². The molecule has 1 aliphatic rings. The normalized spacial score (nSPS) is 19.8. The van der Waals surface area contributed by atoms with Crippen LogP contribution in [0.3, 0.4) is 0 Å². The molecular formula is C22H26N2O5. The molecule has 0 radical (unpaired) electrons. The molecule has 154 valence electrons. The number of carbonyl (C=O) groups excluding carboxylic acids is 3. The van der Waals surface area contributed by atoms with E-state index in [2.05, 4.69) is 17.6 Å². The van der Waals surface area contributed by atoms with Gasteiger partial charge in [-0.2, -0.15) is 0 Å². The summed E-state index contributed by atoms with van der Waals surface area (Å²) in [7, 11) is 0. The SMILES string of the molecule is C[C@@H]1CCCC[C@@H]1NC(=O)[C@@H](C)OC(=O)c1ccc(NC(=O)c2ccco2)cc1. The highest BCUT2D eigenvalue weighted by molar-refractivity contribution is 6.02. The van der Waals surface area contributed by atoms with Gasteiger partial charge in [0.05, 0.1) is 11.8 Å². The first-order valence-electron chi connectivity index (χ1n) is 9.90. The van der Waals surface area contributed by atoms with Gasteiger partial charge in [0.15, 0.2) is 11.9 Å². The van der Waals surface area contributed by atoms with Gasteiger partial charge < -0.3 is 19.8 Å². The van der Waals surface area contributed by atoms with E-state index in [0.717, 1.165) is 19.3 Å². The van der Waals surface area contributed by atoms with Gasteiger partial charge in [-0.15, -0.1) is 0 Å². The number of benzene rings is 1. The number of hydrogen-bond donors (Lipinski definition) is 2. The number of hydrogen-bond acceptors (Lipinski definition) is 5. The first-order chi connectivity index (χ1) is 13.9.